The monoisotopic (exact) mass is 371 g/mol. The summed E-state index contributed by atoms with van der Waals surface area (Å²) in [5.74, 6) is 3.07. The largest absolute Gasteiger partial charge is 0.493 e. The molecule has 0 aliphatic carbocycles. The van der Waals surface area contributed by atoms with Crippen molar-refractivity contribution in [3.8, 4) is 11.5 Å². The first-order valence-electron chi connectivity index (χ1n) is 9.93. The lowest BCUT2D eigenvalue weighted by Gasteiger charge is -2.20. The molecule has 2 aliphatic rings. The Kier molecular flexibility index (Phi) is 5.48. The van der Waals surface area contributed by atoms with Crippen LogP contribution >= 0.6 is 0 Å². The van der Waals surface area contributed by atoms with E-state index in [1.165, 1.54) is 38.8 Å². The quantitative estimate of drug-likeness (QED) is 0.803. The van der Waals surface area contributed by atoms with Crippen LogP contribution in [0.2, 0.25) is 0 Å². The van der Waals surface area contributed by atoms with Crippen LogP contribution in [0.4, 0.5) is 11.8 Å². The number of nitrogens with zero attached hydrogens (tertiary/aromatic N) is 4. The highest BCUT2D eigenvalue weighted by molar-refractivity contribution is 5.92. The second-order valence-electron chi connectivity index (χ2n) is 7.27. The van der Waals surface area contributed by atoms with E-state index in [9.17, 15) is 0 Å². The Morgan fingerprint density at radius 2 is 1.59 bits per heavy atom. The normalized spacial score (nSPS) is 17.6. The van der Waals surface area contributed by atoms with Gasteiger partial charge in [0, 0.05) is 37.6 Å². The van der Waals surface area contributed by atoms with Gasteiger partial charge in [-0.2, -0.15) is 4.98 Å². The Morgan fingerprint density at radius 3 is 2.30 bits per heavy atom. The van der Waals surface area contributed by atoms with Crippen molar-refractivity contribution in [3.63, 3.8) is 0 Å². The number of anilines is 2. The maximum atomic E-state index is 5.49. The fraction of sp³-hybridized carbons (Fsp3) is 0.600. The van der Waals surface area contributed by atoms with E-state index in [0.29, 0.717) is 11.5 Å². The molecule has 1 aromatic carbocycles. The lowest BCUT2D eigenvalue weighted by atomic mass is 10.2. The van der Waals surface area contributed by atoms with E-state index in [2.05, 4.69) is 15.1 Å². The van der Waals surface area contributed by atoms with Crippen molar-refractivity contribution in [1.82, 2.24) is 14.9 Å². The number of likely N-dealkylation sites (tertiary alicyclic amines) is 1. The molecule has 1 aromatic heterocycles. The number of benzene rings is 1. The zero-order valence-corrected chi connectivity index (χ0v) is 16.3. The van der Waals surface area contributed by atoms with Gasteiger partial charge in [0.15, 0.2) is 11.5 Å². The Bertz CT molecular complexity index is 786. The van der Waals surface area contributed by atoms with Gasteiger partial charge < -0.3 is 24.6 Å². The molecule has 0 unspecified atom stereocenters. The summed E-state index contributed by atoms with van der Waals surface area (Å²) in [6, 6.07) is 3.92. The summed E-state index contributed by atoms with van der Waals surface area (Å²) in [5.41, 5.74) is 0.883. The molecule has 4 rings (SSSR count). The van der Waals surface area contributed by atoms with Gasteiger partial charge in [-0.1, -0.05) is 0 Å². The molecule has 0 bridgehead atoms. The second-order valence-corrected chi connectivity index (χ2v) is 7.27. The van der Waals surface area contributed by atoms with E-state index in [1.807, 2.05) is 12.1 Å². The van der Waals surface area contributed by atoms with Gasteiger partial charge in [-0.05, 0) is 44.8 Å². The van der Waals surface area contributed by atoms with Crippen molar-refractivity contribution in [3.05, 3.63) is 12.1 Å². The number of fused-ring (bicyclic) bond motifs is 1. The molecule has 146 valence electrons. The Hall–Kier alpha value is -2.28. The average Bonchev–Trinajstić information content (AvgIpc) is 3.40. The smallest absolute Gasteiger partial charge is 0.227 e. The molecule has 7 nitrogen and oxygen atoms in total. The summed E-state index contributed by atoms with van der Waals surface area (Å²) in [5, 5.41) is 4.52. The molecule has 2 saturated heterocycles. The molecule has 2 aliphatic heterocycles. The van der Waals surface area contributed by atoms with Crippen LogP contribution in [-0.2, 0) is 0 Å². The SMILES string of the molecule is COc1cc2nc(N3CCCC3)nc(NCCN3CCCC3)c2cc1OC. The fourth-order valence-corrected chi connectivity index (χ4v) is 3.98. The molecule has 0 atom stereocenters. The number of methoxy groups -OCH3 is 2. The first-order valence-corrected chi connectivity index (χ1v) is 9.93. The van der Waals surface area contributed by atoms with Crippen molar-refractivity contribution < 1.29 is 9.47 Å². The first kappa shape index (κ1) is 18.1. The van der Waals surface area contributed by atoms with Crippen molar-refractivity contribution in [2.24, 2.45) is 0 Å². The van der Waals surface area contributed by atoms with Crippen molar-refractivity contribution in [2.45, 2.75) is 25.7 Å². The van der Waals surface area contributed by atoms with Crippen LogP contribution in [0.5, 0.6) is 11.5 Å². The zero-order valence-electron chi connectivity index (χ0n) is 16.3. The molecular formula is C20H29N5O2. The van der Waals surface area contributed by atoms with Crippen LogP contribution in [0, 0.1) is 0 Å². The van der Waals surface area contributed by atoms with Crippen LogP contribution in [0.25, 0.3) is 10.9 Å². The minimum absolute atomic E-state index is 0.694. The lowest BCUT2D eigenvalue weighted by Crippen LogP contribution is -2.26. The number of hydrogen-bond donors (Lipinski definition) is 1. The molecule has 0 spiro atoms. The van der Waals surface area contributed by atoms with E-state index in [0.717, 1.165) is 48.8 Å². The summed E-state index contributed by atoms with van der Waals surface area (Å²) >= 11 is 0. The first-order chi connectivity index (χ1) is 13.3. The average molecular weight is 371 g/mol. The van der Waals surface area contributed by atoms with Crippen LogP contribution in [0.1, 0.15) is 25.7 Å². The molecule has 7 heteroatoms. The molecular weight excluding hydrogens is 342 g/mol. The number of nitrogens with one attached hydrogen (secondary N) is 1. The predicted octanol–water partition coefficient (Wildman–Crippen LogP) is 2.75. The van der Waals surface area contributed by atoms with E-state index in [-0.39, 0.29) is 0 Å². The highest BCUT2D eigenvalue weighted by Gasteiger charge is 2.19. The molecule has 2 aromatic rings. The fourth-order valence-electron chi connectivity index (χ4n) is 3.98. The number of rotatable bonds is 7. The van der Waals surface area contributed by atoms with Crippen molar-refractivity contribution in [2.75, 3.05) is 63.7 Å². The predicted molar refractivity (Wildman–Crippen MR) is 108 cm³/mol. The lowest BCUT2D eigenvalue weighted by molar-refractivity contribution is 0.352. The third kappa shape index (κ3) is 3.88. The molecule has 0 radical (unpaired) electrons. The van der Waals surface area contributed by atoms with E-state index < -0.39 is 0 Å². The summed E-state index contributed by atoms with van der Waals surface area (Å²) in [7, 11) is 3.31. The maximum Gasteiger partial charge on any atom is 0.227 e. The van der Waals surface area contributed by atoms with Crippen molar-refractivity contribution >= 4 is 22.7 Å². The number of aromatic nitrogens is 2. The highest BCUT2D eigenvalue weighted by atomic mass is 16.5. The summed E-state index contributed by atoms with van der Waals surface area (Å²) in [6.07, 6.45) is 5.02. The summed E-state index contributed by atoms with van der Waals surface area (Å²) in [4.78, 5) is 14.5. The van der Waals surface area contributed by atoms with Crippen LogP contribution in [-0.4, -0.2) is 68.4 Å². The van der Waals surface area contributed by atoms with Crippen LogP contribution in [0.15, 0.2) is 12.1 Å². The minimum atomic E-state index is 0.694. The van der Waals surface area contributed by atoms with Gasteiger partial charge >= 0.3 is 0 Å². The van der Waals surface area contributed by atoms with Gasteiger partial charge in [-0.25, -0.2) is 4.98 Å². The van der Waals surface area contributed by atoms with Crippen LogP contribution < -0.4 is 19.7 Å². The standard InChI is InChI=1S/C20H29N5O2/c1-26-17-13-15-16(14-18(17)27-2)22-20(25-10-5-6-11-25)23-19(15)21-7-12-24-8-3-4-9-24/h13-14H,3-12H2,1-2H3,(H,21,22,23). The van der Waals surface area contributed by atoms with Gasteiger partial charge in [0.05, 0.1) is 19.7 Å². The summed E-state index contributed by atoms with van der Waals surface area (Å²) in [6.45, 7) is 6.36. The van der Waals surface area contributed by atoms with Gasteiger partial charge in [-0.15, -0.1) is 0 Å². The number of hydrogen-bond acceptors (Lipinski definition) is 7. The van der Waals surface area contributed by atoms with Crippen molar-refractivity contribution in [1.29, 1.82) is 0 Å². The van der Waals surface area contributed by atoms with Gasteiger partial charge in [0.2, 0.25) is 5.95 Å². The summed E-state index contributed by atoms with van der Waals surface area (Å²) < 4.78 is 11.0. The molecule has 3 heterocycles. The second kappa shape index (κ2) is 8.17. The van der Waals surface area contributed by atoms with E-state index in [4.69, 9.17) is 19.4 Å². The molecule has 0 saturated carbocycles. The Morgan fingerprint density at radius 1 is 0.926 bits per heavy atom. The molecule has 0 amide bonds. The molecule has 27 heavy (non-hydrogen) atoms. The Balaban J connectivity index is 1.66. The Labute approximate surface area is 160 Å². The highest BCUT2D eigenvalue weighted by Crippen LogP contribution is 2.35. The van der Waals surface area contributed by atoms with Gasteiger partial charge in [0.1, 0.15) is 5.82 Å². The minimum Gasteiger partial charge on any atom is -0.493 e. The molecule has 2 fully saturated rings. The number of ether oxygens (including phenoxy) is 2. The van der Waals surface area contributed by atoms with Gasteiger partial charge in [-0.3, -0.25) is 0 Å². The third-order valence-electron chi connectivity index (χ3n) is 5.50. The zero-order chi connectivity index (χ0) is 18.6. The van der Waals surface area contributed by atoms with Crippen LogP contribution in [0.3, 0.4) is 0 Å². The van der Waals surface area contributed by atoms with E-state index >= 15 is 0 Å². The molecule has 1 N–H and O–H groups in total. The van der Waals surface area contributed by atoms with E-state index in [1.54, 1.807) is 14.2 Å². The topological polar surface area (TPSA) is 62.8 Å². The van der Waals surface area contributed by atoms with Gasteiger partial charge in [0.25, 0.3) is 0 Å². The third-order valence-corrected chi connectivity index (χ3v) is 5.50. The maximum absolute atomic E-state index is 5.49.